The van der Waals surface area contributed by atoms with Crippen molar-refractivity contribution in [1.29, 1.82) is 0 Å². The van der Waals surface area contributed by atoms with Crippen molar-refractivity contribution in [2.24, 2.45) is 0 Å². The lowest BCUT2D eigenvalue weighted by Gasteiger charge is -2.13. The molecule has 0 spiro atoms. The Labute approximate surface area is 85.5 Å². The Bertz CT molecular complexity index is 411. The van der Waals surface area contributed by atoms with Gasteiger partial charge in [0, 0.05) is 5.41 Å². The Morgan fingerprint density at radius 3 is 2.60 bits per heavy atom. The zero-order valence-electron chi connectivity index (χ0n) is 7.96. The number of aliphatic carboxylic acids is 1. The molecule has 0 saturated heterocycles. The first-order valence-corrected chi connectivity index (χ1v) is 4.71. The molecule has 1 fully saturated rings. The third-order valence-electron chi connectivity index (χ3n) is 2.87. The fourth-order valence-electron chi connectivity index (χ4n) is 1.90. The summed E-state index contributed by atoms with van der Waals surface area (Å²) in [5, 5.41) is 8.69. The summed E-state index contributed by atoms with van der Waals surface area (Å²) >= 11 is 0. The van der Waals surface area contributed by atoms with Gasteiger partial charge in [0.05, 0.1) is 6.42 Å². The largest absolute Gasteiger partial charge is 0.481 e. The second kappa shape index (κ2) is 3.29. The van der Waals surface area contributed by atoms with E-state index >= 15 is 0 Å². The molecule has 2 rings (SSSR count). The molecule has 0 heterocycles. The number of halogens is 2. The van der Waals surface area contributed by atoms with E-state index in [9.17, 15) is 13.6 Å². The summed E-state index contributed by atoms with van der Waals surface area (Å²) < 4.78 is 26.4. The highest BCUT2D eigenvalue weighted by Gasteiger charge is 2.47. The average Bonchev–Trinajstić information content (AvgIpc) is 2.89. The highest BCUT2D eigenvalue weighted by atomic mass is 19.2. The fourth-order valence-corrected chi connectivity index (χ4v) is 1.90. The van der Waals surface area contributed by atoms with Gasteiger partial charge in [-0.25, -0.2) is 8.78 Å². The molecule has 4 heteroatoms. The van der Waals surface area contributed by atoms with Crippen molar-refractivity contribution in [1.82, 2.24) is 0 Å². The van der Waals surface area contributed by atoms with Crippen LogP contribution in [0.2, 0.25) is 0 Å². The second-order valence-corrected chi connectivity index (χ2v) is 3.95. The van der Waals surface area contributed by atoms with E-state index in [4.69, 9.17) is 5.11 Å². The molecule has 2 nitrogen and oxygen atoms in total. The Hall–Kier alpha value is -1.45. The van der Waals surface area contributed by atoms with E-state index in [0.29, 0.717) is 12.8 Å². The van der Waals surface area contributed by atoms with Gasteiger partial charge in [-0.1, -0.05) is 12.1 Å². The Kier molecular flexibility index (Phi) is 2.21. The van der Waals surface area contributed by atoms with Crippen LogP contribution in [0.3, 0.4) is 0 Å². The van der Waals surface area contributed by atoms with Gasteiger partial charge in [-0.3, -0.25) is 4.79 Å². The number of rotatable bonds is 3. The van der Waals surface area contributed by atoms with Crippen LogP contribution in [0.4, 0.5) is 8.78 Å². The summed E-state index contributed by atoms with van der Waals surface area (Å²) in [5.74, 6) is -2.79. The van der Waals surface area contributed by atoms with Gasteiger partial charge in [-0.15, -0.1) is 0 Å². The predicted molar refractivity (Wildman–Crippen MR) is 49.5 cm³/mol. The van der Waals surface area contributed by atoms with Crippen molar-refractivity contribution < 1.29 is 18.7 Å². The van der Waals surface area contributed by atoms with Gasteiger partial charge in [0.1, 0.15) is 0 Å². The summed E-state index contributed by atoms with van der Waals surface area (Å²) in [7, 11) is 0. The molecule has 0 aromatic heterocycles. The molecule has 0 amide bonds. The van der Waals surface area contributed by atoms with Crippen LogP contribution in [0.15, 0.2) is 18.2 Å². The summed E-state index contributed by atoms with van der Waals surface area (Å²) in [6, 6.07) is 3.92. The van der Waals surface area contributed by atoms with E-state index < -0.39 is 23.0 Å². The zero-order valence-corrected chi connectivity index (χ0v) is 7.96. The Morgan fingerprint density at radius 2 is 2.07 bits per heavy atom. The first-order valence-electron chi connectivity index (χ1n) is 4.71. The third kappa shape index (κ3) is 1.71. The van der Waals surface area contributed by atoms with E-state index in [0.717, 1.165) is 6.07 Å². The van der Waals surface area contributed by atoms with Gasteiger partial charge in [0.2, 0.25) is 0 Å². The second-order valence-electron chi connectivity index (χ2n) is 3.95. The van der Waals surface area contributed by atoms with E-state index in [1.165, 1.54) is 12.1 Å². The monoisotopic (exact) mass is 212 g/mol. The van der Waals surface area contributed by atoms with Crippen molar-refractivity contribution in [3.05, 3.63) is 35.4 Å². The molecule has 1 aliphatic rings. The first-order chi connectivity index (χ1) is 7.05. The van der Waals surface area contributed by atoms with Gasteiger partial charge in [0.15, 0.2) is 11.6 Å². The third-order valence-corrected chi connectivity index (χ3v) is 2.87. The lowest BCUT2D eigenvalue weighted by Crippen LogP contribution is -2.15. The first kappa shape index (κ1) is 10.1. The molecule has 0 aliphatic heterocycles. The molecule has 1 aliphatic carbocycles. The standard InChI is InChI=1S/C11H10F2O2/c12-8-3-1-2-7(10(8)13)11(4-5-11)6-9(14)15/h1-3H,4-6H2,(H,14,15). The number of hydrogen-bond acceptors (Lipinski definition) is 1. The summed E-state index contributed by atoms with van der Waals surface area (Å²) in [5.41, 5.74) is -0.470. The van der Waals surface area contributed by atoms with E-state index in [1.54, 1.807) is 0 Å². The van der Waals surface area contributed by atoms with Crippen molar-refractivity contribution >= 4 is 5.97 Å². The smallest absolute Gasteiger partial charge is 0.304 e. The molecule has 0 atom stereocenters. The van der Waals surface area contributed by atoms with Crippen molar-refractivity contribution in [3.63, 3.8) is 0 Å². The van der Waals surface area contributed by atoms with Crippen LogP contribution in [0.25, 0.3) is 0 Å². The van der Waals surface area contributed by atoms with Crippen molar-refractivity contribution in [2.75, 3.05) is 0 Å². The van der Waals surface area contributed by atoms with Crippen LogP contribution in [0.5, 0.6) is 0 Å². The number of carbonyl (C=O) groups is 1. The fraction of sp³-hybridized carbons (Fsp3) is 0.364. The molecular formula is C11H10F2O2. The van der Waals surface area contributed by atoms with E-state index in [-0.39, 0.29) is 12.0 Å². The molecular weight excluding hydrogens is 202 g/mol. The van der Waals surface area contributed by atoms with E-state index in [1.807, 2.05) is 0 Å². The Morgan fingerprint density at radius 1 is 1.40 bits per heavy atom. The van der Waals surface area contributed by atoms with Crippen LogP contribution < -0.4 is 0 Å². The zero-order chi connectivity index (χ0) is 11.1. The normalized spacial score (nSPS) is 17.5. The van der Waals surface area contributed by atoms with Gasteiger partial charge >= 0.3 is 5.97 Å². The van der Waals surface area contributed by atoms with E-state index in [2.05, 4.69) is 0 Å². The number of carboxylic acid groups (broad SMARTS) is 1. The minimum absolute atomic E-state index is 0.132. The van der Waals surface area contributed by atoms with Crippen LogP contribution in [-0.2, 0) is 10.2 Å². The topological polar surface area (TPSA) is 37.3 Å². The summed E-state index contributed by atoms with van der Waals surface area (Å²) in [6.07, 6.45) is 1.09. The highest BCUT2D eigenvalue weighted by molar-refractivity contribution is 5.70. The average molecular weight is 212 g/mol. The number of benzene rings is 1. The lowest BCUT2D eigenvalue weighted by atomic mass is 9.92. The quantitative estimate of drug-likeness (QED) is 0.835. The van der Waals surface area contributed by atoms with Crippen LogP contribution in [-0.4, -0.2) is 11.1 Å². The number of carboxylic acids is 1. The van der Waals surface area contributed by atoms with Crippen LogP contribution in [0.1, 0.15) is 24.8 Å². The minimum atomic E-state index is -0.976. The summed E-state index contributed by atoms with van der Waals surface area (Å²) in [4.78, 5) is 10.6. The molecule has 1 N–H and O–H groups in total. The molecule has 0 bridgehead atoms. The van der Waals surface area contributed by atoms with Gasteiger partial charge in [-0.2, -0.15) is 0 Å². The minimum Gasteiger partial charge on any atom is -0.481 e. The van der Waals surface area contributed by atoms with Crippen LogP contribution >= 0.6 is 0 Å². The SMILES string of the molecule is O=C(O)CC1(c2cccc(F)c2F)CC1. The molecule has 1 aromatic carbocycles. The maximum Gasteiger partial charge on any atom is 0.304 e. The molecule has 0 radical (unpaired) electrons. The number of hydrogen-bond donors (Lipinski definition) is 1. The predicted octanol–water partition coefficient (Wildman–Crippen LogP) is 2.47. The maximum atomic E-state index is 13.4. The highest BCUT2D eigenvalue weighted by Crippen LogP contribution is 2.51. The molecule has 0 unspecified atom stereocenters. The van der Waals surface area contributed by atoms with Crippen molar-refractivity contribution in [3.8, 4) is 0 Å². The van der Waals surface area contributed by atoms with Gasteiger partial charge in [-0.05, 0) is 24.5 Å². The van der Waals surface area contributed by atoms with Crippen LogP contribution in [0, 0.1) is 11.6 Å². The van der Waals surface area contributed by atoms with Gasteiger partial charge in [0.25, 0.3) is 0 Å². The Balaban J connectivity index is 2.37. The lowest BCUT2D eigenvalue weighted by molar-refractivity contribution is -0.137. The van der Waals surface area contributed by atoms with Crippen molar-refractivity contribution in [2.45, 2.75) is 24.7 Å². The molecule has 80 valence electrons. The molecule has 15 heavy (non-hydrogen) atoms. The van der Waals surface area contributed by atoms with Gasteiger partial charge < -0.3 is 5.11 Å². The maximum absolute atomic E-state index is 13.4. The summed E-state index contributed by atoms with van der Waals surface area (Å²) in [6.45, 7) is 0. The molecule has 1 saturated carbocycles. The molecule has 1 aromatic rings.